The second-order valence-corrected chi connectivity index (χ2v) is 5.35. The molecule has 1 aromatic carbocycles. The molecule has 2 rings (SSSR count). The van der Waals surface area contributed by atoms with E-state index in [9.17, 15) is 4.39 Å². The van der Waals surface area contributed by atoms with Gasteiger partial charge in [-0.05, 0) is 36.6 Å². The van der Waals surface area contributed by atoms with Gasteiger partial charge < -0.3 is 5.32 Å². The number of thiophene rings is 1. The molecule has 1 aromatic heterocycles. The zero-order valence-corrected chi connectivity index (χ0v) is 11.1. The Hall–Kier alpha value is -0.930. The summed E-state index contributed by atoms with van der Waals surface area (Å²) in [6.07, 6.45) is 2.28. The molecule has 1 atom stereocenters. The first-order valence-corrected chi connectivity index (χ1v) is 6.98. The van der Waals surface area contributed by atoms with E-state index < -0.39 is 0 Å². The van der Waals surface area contributed by atoms with Crippen LogP contribution in [0.1, 0.15) is 37.6 Å². The Morgan fingerprint density at radius 3 is 2.82 bits per heavy atom. The highest BCUT2D eigenvalue weighted by atomic mass is 32.1. The molecule has 0 aliphatic rings. The van der Waals surface area contributed by atoms with Crippen molar-refractivity contribution in [3.63, 3.8) is 0 Å². The van der Waals surface area contributed by atoms with Crippen LogP contribution in [0.4, 0.5) is 4.39 Å². The Morgan fingerprint density at radius 2 is 2.12 bits per heavy atom. The summed E-state index contributed by atoms with van der Waals surface area (Å²) in [5.74, 6) is -0.151. The molecule has 0 fully saturated rings. The topological polar surface area (TPSA) is 12.0 Å². The van der Waals surface area contributed by atoms with Gasteiger partial charge in [-0.25, -0.2) is 4.39 Å². The van der Waals surface area contributed by atoms with E-state index in [0.29, 0.717) is 6.04 Å². The van der Waals surface area contributed by atoms with Gasteiger partial charge in [0.15, 0.2) is 0 Å². The molecular weight excluding hydrogens is 233 g/mol. The summed E-state index contributed by atoms with van der Waals surface area (Å²) in [7, 11) is 0. The lowest BCUT2D eigenvalue weighted by Crippen LogP contribution is -2.19. The quantitative estimate of drug-likeness (QED) is 0.825. The maximum absolute atomic E-state index is 13.1. The van der Waals surface area contributed by atoms with E-state index in [-0.39, 0.29) is 5.82 Å². The standard InChI is InChI=1S/C14H18FNS/c1-3-5-12(16-4-2)14-8-10-6-7-11(15)9-13(10)17-14/h6-9,12,16H,3-5H2,1-2H3. The number of hydrogen-bond acceptors (Lipinski definition) is 2. The van der Waals surface area contributed by atoms with Crippen molar-refractivity contribution in [3.05, 3.63) is 35.0 Å². The van der Waals surface area contributed by atoms with Gasteiger partial charge in [-0.2, -0.15) is 0 Å². The van der Waals surface area contributed by atoms with Crippen molar-refractivity contribution in [1.29, 1.82) is 0 Å². The molecule has 92 valence electrons. The van der Waals surface area contributed by atoms with Gasteiger partial charge in [0.25, 0.3) is 0 Å². The van der Waals surface area contributed by atoms with Crippen LogP contribution in [-0.4, -0.2) is 6.54 Å². The first kappa shape index (κ1) is 12.5. The third-order valence-corrected chi connectivity index (χ3v) is 4.08. The van der Waals surface area contributed by atoms with Crippen molar-refractivity contribution < 1.29 is 4.39 Å². The van der Waals surface area contributed by atoms with Crippen LogP contribution >= 0.6 is 11.3 Å². The Bertz CT molecular complexity index is 486. The predicted octanol–water partition coefficient (Wildman–Crippen LogP) is 4.49. The fourth-order valence-electron chi connectivity index (χ4n) is 2.08. The Morgan fingerprint density at radius 1 is 1.29 bits per heavy atom. The highest BCUT2D eigenvalue weighted by molar-refractivity contribution is 7.19. The van der Waals surface area contributed by atoms with Crippen LogP contribution in [0, 0.1) is 5.82 Å². The zero-order chi connectivity index (χ0) is 12.3. The van der Waals surface area contributed by atoms with Crippen LogP contribution in [0.25, 0.3) is 10.1 Å². The molecule has 0 spiro atoms. The molecule has 1 unspecified atom stereocenters. The largest absolute Gasteiger partial charge is 0.310 e. The van der Waals surface area contributed by atoms with Crippen LogP contribution in [0.15, 0.2) is 24.3 Å². The van der Waals surface area contributed by atoms with Gasteiger partial charge in [-0.1, -0.05) is 26.3 Å². The molecular formula is C14H18FNS. The molecule has 17 heavy (non-hydrogen) atoms. The summed E-state index contributed by atoms with van der Waals surface area (Å²) >= 11 is 1.70. The monoisotopic (exact) mass is 251 g/mol. The van der Waals surface area contributed by atoms with E-state index in [0.717, 1.165) is 29.5 Å². The molecule has 3 heteroatoms. The summed E-state index contributed by atoms with van der Waals surface area (Å²) in [6, 6.07) is 7.60. The summed E-state index contributed by atoms with van der Waals surface area (Å²) in [5, 5.41) is 4.64. The average molecular weight is 251 g/mol. The number of fused-ring (bicyclic) bond motifs is 1. The van der Waals surface area contributed by atoms with Gasteiger partial charge in [0.05, 0.1) is 0 Å². The third kappa shape index (κ3) is 2.85. The highest BCUT2D eigenvalue weighted by Gasteiger charge is 2.12. The number of nitrogens with one attached hydrogen (secondary N) is 1. The van der Waals surface area contributed by atoms with Crippen molar-refractivity contribution in [1.82, 2.24) is 5.32 Å². The van der Waals surface area contributed by atoms with Crippen LogP contribution < -0.4 is 5.32 Å². The van der Waals surface area contributed by atoms with Crippen LogP contribution in [0.2, 0.25) is 0 Å². The first-order valence-electron chi connectivity index (χ1n) is 6.17. The van der Waals surface area contributed by atoms with E-state index in [1.54, 1.807) is 17.4 Å². The summed E-state index contributed by atoms with van der Waals surface area (Å²) in [4.78, 5) is 1.31. The SMILES string of the molecule is CCCC(NCC)c1cc2ccc(F)cc2s1. The molecule has 0 radical (unpaired) electrons. The number of halogens is 1. The minimum absolute atomic E-state index is 0.151. The Labute approximate surface area is 106 Å². The van der Waals surface area contributed by atoms with E-state index >= 15 is 0 Å². The average Bonchev–Trinajstić information content (AvgIpc) is 2.71. The van der Waals surface area contributed by atoms with Gasteiger partial charge in [0, 0.05) is 15.6 Å². The summed E-state index contributed by atoms with van der Waals surface area (Å²) in [6.45, 7) is 5.28. The van der Waals surface area contributed by atoms with Crippen molar-refractivity contribution in [2.24, 2.45) is 0 Å². The zero-order valence-electron chi connectivity index (χ0n) is 10.3. The van der Waals surface area contributed by atoms with Crippen molar-refractivity contribution in [2.45, 2.75) is 32.7 Å². The number of hydrogen-bond donors (Lipinski definition) is 1. The normalized spacial score (nSPS) is 13.1. The number of rotatable bonds is 5. The van der Waals surface area contributed by atoms with E-state index in [1.807, 2.05) is 6.07 Å². The van der Waals surface area contributed by atoms with Crippen LogP contribution in [0.5, 0.6) is 0 Å². The third-order valence-electron chi connectivity index (χ3n) is 2.87. The van der Waals surface area contributed by atoms with Gasteiger partial charge in [0.1, 0.15) is 5.82 Å². The molecule has 1 N–H and O–H groups in total. The van der Waals surface area contributed by atoms with E-state index in [2.05, 4.69) is 25.2 Å². The maximum atomic E-state index is 13.1. The fraction of sp³-hybridized carbons (Fsp3) is 0.429. The smallest absolute Gasteiger partial charge is 0.124 e. The fourth-order valence-corrected chi connectivity index (χ4v) is 3.28. The van der Waals surface area contributed by atoms with Crippen molar-refractivity contribution in [3.8, 4) is 0 Å². The second kappa shape index (κ2) is 5.61. The maximum Gasteiger partial charge on any atom is 0.124 e. The van der Waals surface area contributed by atoms with E-state index in [1.165, 1.54) is 10.9 Å². The Kier molecular flexibility index (Phi) is 4.13. The lowest BCUT2D eigenvalue weighted by molar-refractivity contribution is 0.517. The second-order valence-electron chi connectivity index (χ2n) is 4.23. The Balaban J connectivity index is 2.33. The van der Waals surface area contributed by atoms with Gasteiger partial charge in [0.2, 0.25) is 0 Å². The lowest BCUT2D eigenvalue weighted by atomic mass is 10.1. The molecule has 2 aromatic rings. The summed E-state index contributed by atoms with van der Waals surface area (Å²) in [5.41, 5.74) is 0. The van der Waals surface area contributed by atoms with Crippen LogP contribution in [-0.2, 0) is 0 Å². The molecule has 0 amide bonds. The van der Waals surface area contributed by atoms with Crippen molar-refractivity contribution >= 4 is 21.4 Å². The molecule has 0 saturated heterocycles. The molecule has 0 aliphatic heterocycles. The van der Waals surface area contributed by atoms with Gasteiger partial charge in [-0.15, -0.1) is 11.3 Å². The van der Waals surface area contributed by atoms with Crippen molar-refractivity contribution in [2.75, 3.05) is 6.54 Å². The minimum Gasteiger partial charge on any atom is -0.310 e. The minimum atomic E-state index is -0.151. The molecule has 0 aliphatic carbocycles. The molecule has 0 bridgehead atoms. The first-order chi connectivity index (χ1) is 8.24. The summed E-state index contributed by atoms with van der Waals surface area (Å²) < 4.78 is 14.2. The van der Waals surface area contributed by atoms with E-state index in [4.69, 9.17) is 0 Å². The van der Waals surface area contributed by atoms with Gasteiger partial charge in [-0.3, -0.25) is 0 Å². The predicted molar refractivity (Wildman–Crippen MR) is 73.1 cm³/mol. The number of benzene rings is 1. The molecule has 1 nitrogen and oxygen atoms in total. The van der Waals surface area contributed by atoms with Gasteiger partial charge >= 0.3 is 0 Å². The molecule has 1 heterocycles. The lowest BCUT2D eigenvalue weighted by Gasteiger charge is -2.14. The molecule has 0 saturated carbocycles. The van der Waals surface area contributed by atoms with Crippen LogP contribution in [0.3, 0.4) is 0 Å². The highest BCUT2D eigenvalue weighted by Crippen LogP contribution is 2.32.